The first-order valence-corrected chi connectivity index (χ1v) is 9.46. The molecule has 2 amide bonds. The Balaban J connectivity index is 1.61. The van der Waals surface area contributed by atoms with E-state index >= 15 is 0 Å². The van der Waals surface area contributed by atoms with E-state index in [0.29, 0.717) is 27.0 Å². The van der Waals surface area contributed by atoms with Gasteiger partial charge in [0.2, 0.25) is 0 Å². The molecular weight excluding hydrogens is 385 g/mol. The molecule has 1 fully saturated rings. The van der Waals surface area contributed by atoms with Gasteiger partial charge in [-0.2, -0.15) is 0 Å². The van der Waals surface area contributed by atoms with Gasteiger partial charge in [0, 0.05) is 24.0 Å². The van der Waals surface area contributed by atoms with E-state index in [1.807, 2.05) is 4.90 Å². The number of likely N-dealkylation sites (tertiary alicyclic amines) is 1. The third-order valence-corrected chi connectivity index (χ3v) is 5.43. The average molecular weight is 402 g/mol. The number of aromatic nitrogens is 1. The maximum atomic E-state index is 12.7. The number of hydrogen-bond acceptors (Lipinski definition) is 2. The quantitative estimate of drug-likeness (QED) is 0.650. The number of nitrogens with zero attached hydrogens (tertiary/aromatic N) is 1. The summed E-state index contributed by atoms with van der Waals surface area (Å²) in [4.78, 5) is 30.3. The predicted molar refractivity (Wildman–Crippen MR) is 108 cm³/mol. The molecule has 0 unspecified atom stereocenters. The molecule has 0 atom stereocenters. The standard InChI is InChI=1S/C20H17Cl2N3O2/c21-14-9-12-10-18(23-17(12)11-15(14)22)19(26)24-16-6-2-1-5-13(16)20(27)25-7-3-4-8-25/h1-2,5-6,9-11,23H,3-4,7-8H2,(H,24,26). The molecular formula is C20H17Cl2N3O2. The summed E-state index contributed by atoms with van der Waals surface area (Å²) >= 11 is 12.1. The van der Waals surface area contributed by atoms with Gasteiger partial charge in [0.05, 0.1) is 21.3 Å². The van der Waals surface area contributed by atoms with Gasteiger partial charge in [0.15, 0.2) is 0 Å². The van der Waals surface area contributed by atoms with Crippen molar-refractivity contribution in [2.24, 2.45) is 0 Å². The number of carbonyl (C=O) groups is 2. The number of amides is 2. The fourth-order valence-corrected chi connectivity index (χ4v) is 3.64. The van der Waals surface area contributed by atoms with Crippen molar-refractivity contribution in [1.82, 2.24) is 9.88 Å². The van der Waals surface area contributed by atoms with Crippen LogP contribution in [0.25, 0.3) is 10.9 Å². The zero-order chi connectivity index (χ0) is 19.0. The third-order valence-electron chi connectivity index (χ3n) is 4.71. The summed E-state index contributed by atoms with van der Waals surface area (Å²) in [5.41, 5.74) is 2.08. The third kappa shape index (κ3) is 3.53. The van der Waals surface area contributed by atoms with Crippen LogP contribution in [-0.2, 0) is 0 Å². The summed E-state index contributed by atoms with van der Waals surface area (Å²) < 4.78 is 0. The van der Waals surface area contributed by atoms with Crippen LogP contribution in [0.5, 0.6) is 0 Å². The molecule has 2 heterocycles. The lowest BCUT2D eigenvalue weighted by Gasteiger charge is -2.17. The Bertz CT molecular complexity index is 1000. The topological polar surface area (TPSA) is 65.2 Å². The van der Waals surface area contributed by atoms with Gasteiger partial charge in [-0.05, 0) is 43.2 Å². The number of benzene rings is 2. The van der Waals surface area contributed by atoms with Crippen molar-refractivity contribution in [2.75, 3.05) is 18.4 Å². The Morgan fingerprint density at radius 1 is 1.00 bits per heavy atom. The van der Waals surface area contributed by atoms with Crippen molar-refractivity contribution in [3.05, 3.63) is 63.8 Å². The number of anilines is 1. The van der Waals surface area contributed by atoms with E-state index in [0.717, 1.165) is 36.8 Å². The second-order valence-electron chi connectivity index (χ2n) is 6.54. The largest absolute Gasteiger partial charge is 0.350 e. The van der Waals surface area contributed by atoms with E-state index in [2.05, 4.69) is 10.3 Å². The number of nitrogens with one attached hydrogen (secondary N) is 2. The monoisotopic (exact) mass is 401 g/mol. The van der Waals surface area contributed by atoms with Crippen molar-refractivity contribution >= 4 is 51.6 Å². The molecule has 138 valence electrons. The number of aromatic amines is 1. The van der Waals surface area contributed by atoms with Gasteiger partial charge >= 0.3 is 0 Å². The number of hydrogen-bond donors (Lipinski definition) is 2. The molecule has 0 spiro atoms. The molecule has 0 radical (unpaired) electrons. The van der Waals surface area contributed by atoms with Crippen LogP contribution in [0, 0.1) is 0 Å². The molecule has 1 saturated heterocycles. The zero-order valence-corrected chi connectivity index (χ0v) is 15.9. The van der Waals surface area contributed by atoms with Gasteiger partial charge in [-0.25, -0.2) is 0 Å². The van der Waals surface area contributed by atoms with E-state index < -0.39 is 0 Å². The van der Waals surface area contributed by atoms with E-state index in [9.17, 15) is 9.59 Å². The van der Waals surface area contributed by atoms with E-state index in [1.165, 1.54) is 0 Å². The summed E-state index contributed by atoms with van der Waals surface area (Å²) in [5.74, 6) is -0.390. The minimum absolute atomic E-state index is 0.0568. The Hall–Kier alpha value is -2.50. The Kier molecular flexibility index (Phi) is 4.81. The molecule has 2 N–H and O–H groups in total. The molecule has 0 saturated carbocycles. The Labute approximate surface area is 166 Å². The van der Waals surface area contributed by atoms with Gasteiger partial charge in [-0.1, -0.05) is 35.3 Å². The summed E-state index contributed by atoms with van der Waals surface area (Å²) in [6.07, 6.45) is 2.03. The Morgan fingerprint density at radius 3 is 2.48 bits per heavy atom. The summed E-state index contributed by atoms with van der Waals surface area (Å²) in [7, 11) is 0. The maximum Gasteiger partial charge on any atom is 0.272 e. The van der Waals surface area contributed by atoms with E-state index in [4.69, 9.17) is 23.2 Å². The minimum atomic E-state index is -0.333. The van der Waals surface area contributed by atoms with Crippen LogP contribution in [0.3, 0.4) is 0 Å². The van der Waals surface area contributed by atoms with Crippen molar-refractivity contribution in [2.45, 2.75) is 12.8 Å². The number of halogens is 2. The summed E-state index contributed by atoms with van der Waals surface area (Å²) in [6.45, 7) is 1.51. The van der Waals surface area contributed by atoms with Crippen LogP contribution in [0.1, 0.15) is 33.7 Å². The van der Waals surface area contributed by atoms with Crippen LogP contribution < -0.4 is 5.32 Å². The molecule has 7 heteroatoms. The van der Waals surface area contributed by atoms with Gasteiger partial charge in [-0.3, -0.25) is 9.59 Å². The number of para-hydroxylation sites is 1. The van der Waals surface area contributed by atoms with Crippen molar-refractivity contribution < 1.29 is 9.59 Å². The van der Waals surface area contributed by atoms with E-state index in [-0.39, 0.29) is 11.8 Å². The number of H-pyrrole nitrogens is 1. The number of rotatable bonds is 3. The van der Waals surface area contributed by atoms with Crippen molar-refractivity contribution in [1.29, 1.82) is 0 Å². The van der Waals surface area contributed by atoms with Gasteiger partial charge in [-0.15, -0.1) is 0 Å². The highest BCUT2D eigenvalue weighted by molar-refractivity contribution is 6.42. The van der Waals surface area contributed by atoms with Crippen molar-refractivity contribution in [3.8, 4) is 0 Å². The molecule has 2 aromatic carbocycles. The fraction of sp³-hybridized carbons (Fsp3) is 0.200. The second kappa shape index (κ2) is 7.25. The average Bonchev–Trinajstić information content (AvgIpc) is 3.32. The highest BCUT2D eigenvalue weighted by Gasteiger charge is 2.22. The van der Waals surface area contributed by atoms with Crippen LogP contribution >= 0.6 is 23.2 Å². The summed E-state index contributed by atoms with van der Waals surface area (Å²) in [6, 6.07) is 12.2. The van der Waals surface area contributed by atoms with Gasteiger partial charge in [0.1, 0.15) is 5.69 Å². The molecule has 0 bridgehead atoms. The molecule has 5 nitrogen and oxygen atoms in total. The second-order valence-corrected chi connectivity index (χ2v) is 7.35. The maximum absolute atomic E-state index is 12.7. The first-order chi connectivity index (χ1) is 13.0. The highest BCUT2D eigenvalue weighted by Crippen LogP contribution is 2.28. The van der Waals surface area contributed by atoms with Crippen LogP contribution in [0.4, 0.5) is 5.69 Å². The molecule has 1 aliphatic rings. The normalized spacial score (nSPS) is 13.9. The summed E-state index contributed by atoms with van der Waals surface area (Å²) in [5, 5.41) is 4.47. The molecule has 3 aromatic rings. The molecule has 0 aliphatic carbocycles. The molecule has 27 heavy (non-hydrogen) atoms. The van der Waals surface area contributed by atoms with Gasteiger partial charge in [0.25, 0.3) is 11.8 Å². The molecule has 4 rings (SSSR count). The zero-order valence-electron chi connectivity index (χ0n) is 14.4. The smallest absolute Gasteiger partial charge is 0.272 e. The van der Waals surface area contributed by atoms with E-state index in [1.54, 1.807) is 42.5 Å². The van der Waals surface area contributed by atoms with Gasteiger partial charge < -0.3 is 15.2 Å². The van der Waals surface area contributed by atoms with Crippen LogP contribution in [0.15, 0.2) is 42.5 Å². The lowest BCUT2D eigenvalue weighted by atomic mass is 10.1. The minimum Gasteiger partial charge on any atom is -0.350 e. The van der Waals surface area contributed by atoms with Crippen molar-refractivity contribution in [3.63, 3.8) is 0 Å². The predicted octanol–water partition coefficient (Wildman–Crippen LogP) is 4.96. The first-order valence-electron chi connectivity index (χ1n) is 8.70. The SMILES string of the molecule is O=C(Nc1ccccc1C(=O)N1CCCC1)c1cc2cc(Cl)c(Cl)cc2[nH]1. The fourth-order valence-electron chi connectivity index (χ4n) is 3.31. The first kappa shape index (κ1) is 17.9. The highest BCUT2D eigenvalue weighted by atomic mass is 35.5. The molecule has 1 aromatic heterocycles. The van der Waals surface area contributed by atoms with Crippen LogP contribution in [-0.4, -0.2) is 34.8 Å². The lowest BCUT2D eigenvalue weighted by Crippen LogP contribution is -2.28. The van der Waals surface area contributed by atoms with Crippen LogP contribution in [0.2, 0.25) is 10.0 Å². The molecule has 1 aliphatic heterocycles. The lowest BCUT2D eigenvalue weighted by molar-refractivity contribution is 0.0794. The number of fused-ring (bicyclic) bond motifs is 1. The number of carbonyl (C=O) groups excluding carboxylic acids is 2. The Morgan fingerprint density at radius 2 is 1.70 bits per heavy atom.